The summed E-state index contributed by atoms with van der Waals surface area (Å²) in [6.45, 7) is 7.90. The third-order valence-corrected chi connectivity index (χ3v) is 8.82. The summed E-state index contributed by atoms with van der Waals surface area (Å²) in [5.74, 6) is 2.14. The second kappa shape index (κ2) is 8.50. The number of anilines is 4. The van der Waals surface area contributed by atoms with E-state index in [9.17, 15) is 0 Å². The van der Waals surface area contributed by atoms with Crippen LogP contribution in [0.15, 0.2) is 70.6 Å². The molecule has 8 heteroatoms. The fourth-order valence-corrected chi connectivity index (χ4v) is 7.00. The second-order valence-corrected chi connectivity index (χ2v) is 11.8. The summed E-state index contributed by atoms with van der Waals surface area (Å²) in [6.07, 6.45) is 0. The summed E-state index contributed by atoms with van der Waals surface area (Å²) >= 11 is 3.61. The van der Waals surface area contributed by atoms with Gasteiger partial charge in [-0.1, -0.05) is 24.3 Å². The third kappa shape index (κ3) is 3.68. The molecule has 6 nitrogen and oxygen atoms in total. The van der Waals surface area contributed by atoms with Crippen LogP contribution in [-0.4, -0.2) is 47.7 Å². The standard InChI is InChI=1S/C28H26N6S2/c1-17-15-19-26(30-22-9-5-6-10-23(22)32-28(19)36-17)33-11-13-34(14-12-33)27-25-24(16-18(2)35-25)29-20-7-3-4-8-21(20)31-27/h3-10,15-16,29,32H,11-14H2,1-2H3. The Morgan fingerprint density at radius 2 is 1.25 bits per heavy atom. The summed E-state index contributed by atoms with van der Waals surface area (Å²) in [5.41, 5.74) is 6.45. The zero-order valence-electron chi connectivity index (χ0n) is 20.2. The van der Waals surface area contributed by atoms with E-state index < -0.39 is 0 Å². The molecule has 0 amide bonds. The normalized spacial score (nSPS) is 16.3. The van der Waals surface area contributed by atoms with Gasteiger partial charge in [-0.15, -0.1) is 22.7 Å². The minimum absolute atomic E-state index is 0.892. The Hall–Kier alpha value is -3.62. The molecule has 1 fully saturated rings. The van der Waals surface area contributed by atoms with Crippen LogP contribution in [0.5, 0.6) is 0 Å². The molecule has 0 aliphatic carbocycles. The number of amidine groups is 2. The maximum atomic E-state index is 5.17. The van der Waals surface area contributed by atoms with Crippen molar-refractivity contribution in [1.29, 1.82) is 0 Å². The van der Waals surface area contributed by atoms with Gasteiger partial charge in [0.2, 0.25) is 0 Å². The number of nitrogens with zero attached hydrogens (tertiary/aromatic N) is 4. The highest BCUT2D eigenvalue weighted by atomic mass is 32.1. The highest BCUT2D eigenvalue weighted by Gasteiger charge is 2.30. The number of fused-ring (bicyclic) bond motifs is 4. The molecule has 0 atom stereocenters. The number of hydrogen-bond donors (Lipinski definition) is 2. The Labute approximate surface area is 218 Å². The third-order valence-electron chi connectivity index (χ3n) is 6.81. The second-order valence-electron chi connectivity index (χ2n) is 9.33. The largest absolute Gasteiger partial charge is 0.352 e. The van der Waals surface area contributed by atoms with Crippen molar-refractivity contribution in [2.24, 2.45) is 9.98 Å². The molecule has 0 saturated carbocycles. The molecule has 0 spiro atoms. The first-order chi connectivity index (χ1) is 17.6. The lowest BCUT2D eigenvalue weighted by Crippen LogP contribution is -2.50. The molecule has 0 bridgehead atoms. The van der Waals surface area contributed by atoms with Crippen molar-refractivity contribution < 1.29 is 0 Å². The number of nitrogens with one attached hydrogen (secondary N) is 2. The van der Waals surface area contributed by atoms with Crippen molar-refractivity contribution >= 4 is 67.8 Å². The van der Waals surface area contributed by atoms with Crippen molar-refractivity contribution in [2.75, 3.05) is 36.8 Å². The summed E-state index contributed by atoms with van der Waals surface area (Å²) in [4.78, 5) is 19.0. The van der Waals surface area contributed by atoms with Gasteiger partial charge in [0.1, 0.15) is 16.7 Å². The lowest BCUT2D eigenvalue weighted by atomic mass is 10.2. The zero-order chi connectivity index (χ0) is 24.2. The smallest absolute Gasteiger partial charge is 0.149 e. The van der Waals surface area contributed by atoms with Crippen molar-refractivity contribution in [2.45, 2.75) is 13.8 Å². The molecular formula is C28H26N6S2. The number of benzene rings is 2. The minimum Gasteiger partial charge on any atom is -0.352 e. The van der Waals surface area contributed by atoms with E-state index in [0.29, 0.717) is 0 Å². The quantitative estimate of drug-likeness (QED) is 0.267. The topological polar surface area (TPSA) is 55.3 Å². The van der Waals surface area contributed by atoms with Crippen LogP contribution in [-0.2, 0) is 0 Å². The van der Waals surface area contributed by atoms with Gasteiger partial charge in [0.25, 0.3) is 0 Å². The van der Waals surface area contributed by atoms with E-state index in [1.807, 2.05) is 11.3 Å². The zero-order valence-corrected chi connectivity index (χ0v) is 21.8. The molecular weight excluding hydrogens is 484 g/mol. The van der Waals surface area contributed by atoms with Crippen LogP contribution in [0.2, 0.25) is 0 Å². The maximum Gasteiger partial charge on any atom is 0.149 e. The number of rotatable bonds is 0. The highest BCUT2D eigenvalue weighted by molar-refractivity contribution is 7.16. The van der Waals surface area contributed by atoms with Gasteiger partial charge in [-0.25, -0.2) is 9.98 Å². The fraction of sp³-hybridized carbons (Fsp3) is 0.214. The molecule has 0 unspecified atom stereocenters. The van der Waals surface area contributed by atoms with Crippen LogP contribution in [0.25, 0.3) is 0 Å². The van der Waals surface area contributed by atoms with Gasteiger partial charge in [-0.2, -0.15) is 0 Å². The lowest BCUT2D eigenvalue weighted by Gasteiger charge is -2.37. The summed E-state index contributed by atoms with van der Waals surface area (Å²) in [5, 5.41) is 8.42. The van der Waals surface area contributed by atoms with Crippen LogP contribution in [0.1, 0.15) is 20.2 Å². The SMILES string of the molecule is Cc1cc2c(s1)Nc1ccccc1N=C2N1CCN(C2=Nc3ccccc3Nc3cc(C)sc32)CC1. The van der Waals surface area contributed by atoms with Gasteiger partial charge in [0.05, 0.1) is 38.9 Å². The van der Waals surface area contributed by atoms with Crippen molar-refractivity contribution in [3.05, 3.63) is 80.9 Å². The Morgan fingerprint density at radius 3 is 1.97 bits per heavy atom. The highest BCUT2D eigenvalue weighted by Crippen LogP contribution is 2.41. The van der Waals surface area contributed by atoms with Crippen LogP contribution >= 0.6 is 22.7 Å². The van der Waals surface area contributed by atoms with E-state index >= 15 is 0 Å². The van der Waals surface area contributed by atoms with E-state index in [1.165, 1.54) is 25.2 Å². The first-order valence-electron chi connectivity index (χ1n) is 12.2. The average molecular weight is 511 g/mol. The van der Waals surface area contributed by atoms with Crippen molar-refractivity contribution in [3.63, 3.8) is 0 Å². The Bertz CT molecular complexity index is 1420. The summed E-state index contributed by atoms with van der Waals surface area (Å²) < 4.78 is 0. The number of aryl methyl sites for hydroxylation is 2. The van der Waals surface area contributed by atoms with E-state index in [4.69, 9.17) is 9.98 Å². The molecule has 3 aliphatic rings. The molecule has 2 aromatic carbocycles. The van der Waals surface area contributed by atoms with Crippen LogP contribution < -0.4 is 10.6 Å². The predicted octanol–water partition coefficient (Wildman–Crippen LogP) is 7.01. The summed E-state index contributed by atoms with van der Waals surface area (Å²) in [7, 11) is 0. The van der Waals surface area contributed by atoms with Crippen LogP contribution in [0.4, 0.5) is 33.4 Å². The molecule has 7 rings (SSSR count). The van der Waals surface area contributed by atoms with Crippen molar-refractivity contribution in [1.82, 2.24) is 9.80 Å². The van der Waals surface area contributed by atoms with Gasteiger partial charge < -0.3 is 20.4 Å². The number of piperazine rings is 1. The van der Waals surface area contributed by atoms with Crippen LogP contribution in [0.3, 0.4) is 0 Å². The van der Waals surface area contributed by atoms with E-state index in [2.05, 4.69) is 94.9 Å². The Kier molecular flexibility index (Phi) is 5.11. The number of para-hydroxylation sites is 4. The molecule has 36 heavy (non-hydrogen) atoms. The number of hydrogen-bond acceptors (Lipinski definition) is 8. The maximum absolute atomic E-state index is 5.17. The van der Waals surface area contributed by atoms with Gasteiger partial charge in [-0.05, 0) is 50.2 Å². The fourth-order valence-electron chi connectivity index (χ4n) is 5.09. The molecule has 3 aliphatic heterocycles. The molecule has 0 radical (unpaired) electrons. The molecule has 2 N–H and O–H groups in total. The molecule has 4 aromatic rings. The van der Waals surface area contributed by atoms with E-state index in [-0.39, 0.29) is 0 Å². The molecule has 180 valence electrons. The number of aliphatic imine (C=N–C) groups is 2. The van der Waals surface area contributed by atoms with E-state index in [1.54, 1.807) is 11.3 Å². The van der Waals surface area contributed by atoms with Gasteiger partial charge >= 0.3 is 0 Å². The lowest BCUT2D eigenvalue weighted by molar-refractivity contribution is 0.260. The Balaban J connectivity index is 1.21. The first kappa shape index (κ1) is 21.6. The minimum atomic E-state index is 0.892. The van der Waals surface area contributed by atoms with Gasteiger partial charge in [0.15, 0.2) is 0 Å². The first-order valence-corrected chi connectivity index (χ1v) is 13.9. The predicted molar refractivity (Wildman–Crippen MR) is 153 cm³/mol. The Morgan fingerprint density at radius 1 is 0.667 bits per heavy atom. The molecule has 1 saturated heterocycles. The van der Waals surface area contributed by atoms with Gasteiger partial charge in [-0.3, -0.25) is 0 Å². The van der Waals surface area contributed by atoms with E-state index in [0.717, 1.165) is 66.3 Å². The van der Waals surface area contributed by atoms with Crippen LogP contribution in [0, 0.1) is 13.8 Å². The molecule has 5 heterocycles. The van der Waals surface area contributed by atoms with Crippen molar-refractivity contribution in [3.8, 4) is 0 Å². The summed E-state index contributed by atoms with van der Waals surface area (Å²) in [6, 6.07) is 21.1. The monoisotopic (exact) mass is 510 g/mol. The number of thiophene rings is 2. The molecule has 2 aromatic heterocycles. The van der Waals surface area contributed by atoms with Gasteiger partial charge in [0, 0.05) is 35.9 Å². The average Bonchev–Trinajstić information content (AvgIpc) is 3.34.